The third kappa shape index (κ3) is 4.69. The molecule has 0 amide bonds. The third-order valence-corrected chi connectivity index (χ3v) is 8.53. The lowest BCUT2D eigenvalue weighted by atomic mass is 9.73. The van der Waals surface area contributed by atoms with Gasteiger partial charge in [-0.05, 0) is 76.7 Å². The van der Waals surface area contributed by atoms with Gasteiger partial charge in [0.2, 0.25) is 0 Å². The number of halogens is 1. The second kappa shape index (κ2) is 10.6. The molecule has 6 heteroatoms. The van der Waals surface area contributed by atoms with Crippen molar-refractivity contribution >= 4 is 38.3 Å². The first-order chi connectivity index (χ1) is 19.0. The molecule has 1 heterocycles. The number of rotatable bonds is 6. The Morgan fingerprint density at radius 2 is 1.59 bits per heavy atom. The van der Waals surface area contributed by atoms with Crippen LogP contribution in [0.3, 0.4) is 0 Å². The Labute approximate surface area is 237 Å². The largest absolute Gasteiger partial charge is 0.490 e. The Balaban J connectivity index is 1.42. The van der Waals surface area contributed by atoms with Crippen LogP contribution in [0.1, 0.15) is 68.1 Å². The molecule has 1 aliphatic heterocycles. The van der Waals surface area contributed by atoms with E-state index in [0.717, 1.165) is 50.9 Å². The number of fused-ring (bicyclic) bond motifs is 1. The number of ether oxygens (including phenoxy) is 3. The molecule has 5 nitrogen and oxygen atoms in total. The van der Waals surface area contributed by atoms with Gasteiger partial charge < -0.3 is 14.2 Å². The average Bonchev–Trinajstić information content (AvgIpc) is 2.93. The number of allylic oxidation sites excluding steroid dienone is 4. The second-order valence-electron chi connectivity index (χ2n) is 10.4. The minimum atomic E-state index is -0.450. The van der Waals surface area contributed by atoms with Gasteiger partial charge in [0.15, 0.2) is 23.1 Å². The number of Topliss-reactive ketones (excluding diaryl/α,β-unsaturated/α-hetero) is 2. The maximum absolute atomic E-state index is 13.2. The molecule has 0 N–H and O–H groups in total. The summed E-state index contributed by atoms with van der Waals surface area (Å²) in [5.41, 5.74) is 4.38. The molecule has 0 bridgehead atoms. The van der Waals surface area contributed by atoms with Crippen LogP contribution in [0.4, 0.5) is 0 Å². The van der Waals surface area contributed by atoms with E-state index in [-0.39, 0.29) is 11.6 Å². The van der Waals surface area contributed by atoms with Crippen molar-refractivity contribution in [2.45, 2.75) is 64.9 Å². The molecule has 6 rings (SSSR count). The summed E-state index contributed by atoms with van der Waals surface area (Å²) in [4.78, 5) is 26.4. The quantitative estimate of drug-likeness (QED) is 0.292. The lowest BCUT2D eigenvalue weighted by Crippen LogP contribution is -2.30. The van der Waals surface area contributed by atoms with Crippen molar-refractivity contribution in [3.63, 3.8) is 0 Å². The zero-order chi connectivity index (χ0) is 27.1. The van der Waals surface area contributed by atoms with E-state index in [2.05, 4.69) is 47.1 Å². The predicted octanol–water partition coefficient (Wildman–Crippen LogP) is 8.02. The van der Waals surface area contributed by atoms with Crippen LogP contribution >= 0.6 is 15.9 Å². The van der Waals surface area contributed by atoms with Crippen LogP contribution in [0, 0.1) is 6.92 Å². The Kier molecular flexibility index (Phi) is 7.06. The Bertz CT molecular complexity index is 1520. The van der Waals surface area contributed by atoms with E-state index >= 15 is 0 Å². The highest BCUT2D eigenvalue weighted by Crippen LogP contribution is 2.50. The standard InChI is InChI=1S/C33H31BrO5/c1-3-37-29-17-21(30-31-25(35)10-6-12-27(31)39-28-13-7-11-26(36)32(28)30)16-24(34)33(29)38-18-23-19(2)14-15-20-8-4-5-9-22(20)23/h4-5,8-9,14-17,30H,3,6-7,10-13,18H2,1-2H3. The van der Waals surface area contributed by atoms with E-state index in [1.165, 1.54) is 5.39 Å². The number of hydrogen-bond acceptors (Lipinski definition) is 5. The van der Waals surface area contributed by atoms with Crippen LogP contribution < -0.4 is 9.47 Å². The molecule has 200 valence electrons. The summed E-state index contributed by atoms with van der Waals surface area (Å²) in [6, 6.07) is 16.5. The van der Waals surface area contributed by atoms with Gasteiger partial charge in [0.05, 0.1) is 11.1 Å². The monoisotopic (exact) mass is 586 g/mol. The molecule has 0 unspecified atom stereocenters. The van der Waals surface area contributed by atoms with Crippen LogP contribution in [0.15, 0.2) is 75.7 Å². The molecule has 0 fully saturated rings. The number of hydrogen-bond donors (Lipinski definition) is 0. The summed E-state index contributed by atoms with van der Waals surface area (Å²) >= 11 is 3.74. The fourth-order valence-electron chi connectivity index (χ4n) is 6.09. The van der Waals surface area contributed by atoms with E-state index in [4.69, 9.17) is 14.2 Å². The zero-order valence-electron chi connectivity index (χ0n) is 22.3. The van der Waals surface area contributed by atoms with E-state index < -0.39 is 5.92 Å². The number of aryl methyl sites for hydroxylation is 1. The third-order valence-electron chi connectivity index (χ3n) is 7.94. The highest BCUT2D eigenvalue weighted by Gasteiger charge is 2.42. The van der Waals surface area contributed by atoms with Crippen molar-refractivity contribution < 1.29 is 23.8 Å². The lowest BCUT2D eigenvalue weighted by molar-refractivity contribution is -0.117. The summed E-state index contributed by atoms with van der Waals surface area (Å²) in [7, 11) is 0. The SMILES string of the molecule is CCOc1cc(C2C3=C(CCCC3=O)OC3=C2C(=O)CCC3)cc(Br)c1OCc1c(C)ccc2ccccc12. The van der Waals surface area contributed by atoms with Crippen molar-refractivity contribution in [3.8, 4) is 11.5 Å². The molecular formula is C33H31BrO5. The fraction of sp³-hybridized carbons (Fsp3) is 0.333. The van der Waals surface area contributed by atoms with Gasteiger partial charge in [0.25, 0.3) is 0 Å². The minimum Gasteiger partial charge on any atom is -0.490 e. The van der Waals surface area contributed by atoms with Crippen LogP contribution in [-0.2, 0) is 20.9 Å². The van der Waals surface area contributed by atoms with Crippen molar-refractivity contribution in [1.29, 1.82) is 0 Å². The molecule has 3 aromatic rings. The average molecular weight is 588 g/mol. The number of carbonyl (C=O) groups excluding carboxylic acids is 2. The van der Waals surface area contributed by atoms with E-state index in [1.54, 1.807) is 0 Å². The summed E-state index contributed by atoms with van der Waals surface area (Å²) in [5, 5.41) is 2.33. The smallest absolute Gasteiger partial charge is 0.175 e. The molecule has 0 atom stereocenters. The van der Waals surface area contributed by atoms with Crippen molar-refractivity contribution in [3.05, 3.63) is 92.4 Å². The molecule has 0 aromatic heterocycles. The molecule has 0 spiro atoms. The van der Waals surface area contributed by atoms with Gasteiger partial charge in [-0.3, -0.25) is 9.59 Å². The van der Waals surface area contributed by atoms with Crippen LogP contribution in [0.25, 0.3) is 10.8 Å². The van der Waals surface area contributed by atoms with Gasteiger partial charge in [0.1, 0.15) is 18.1 Å². The molecule has 2 aliphatic carbocycles. The first-order valence-electron chi connectivity index (χ1n) is 13.7. The maximum Gasteiger partial charge on any atom is 0.175 e. The number of carbonyl (C=O) groups is 2. The van der Waals surface area contributed by atoms with Gasteiger partial charge in [0, 0.05) is 48.3 Å². The number of benzene rings is 3. The Morgan fingerprint density at radius 3 is 2.28 bits per heavy atom. The van der Waals surface area contributed by atoms with Gasteiger partial charge >= 0.3 is 0 Å². The van der Waals surface area contributed by atoms with Gasteiger partial charge in [-0.2, -0.15) is 0 Å². The first kappa shape index (κ1) is 25.9. The Morgan fingerprint density at radius 1 is 0.897 bits per heavy atom. The van der Waals surface area contributed by atoms with E-state index in [9.17, 15) is 9.59 Å². The van der Waals surface area contributed by atoms with Gasteiger partial charge in [-0.1, -0.05) is 36.4 Å². The van der Waals surface area contributed by atoms with Crippen LogP contribution in [0.5, 0.6) is 11.5 Å². The van der Waals surface area contributed by atoms with E-state index in [1.807, 2.05) is 31.2 Å². The highest BCUT2D eigenvalue weighted by atomic mass is 79.9. The van der Waals surface area contributed by atoms with Crippen LogP contribution in [-0.4, -0.2) is 18.2 Å². The minimum absolute atomic E-state index is 0.0620. The second-order valence-corrected chi connectivity index (χ2v) is 11.3. The molecule has 0 radical (unpaired) electrons. The molecule has 3 aromatic carbocycles. The maximum atomic E-state index is 13.2. The molecule has 0 saturated carbocycles. The fourth-order valence-corrected chi connectivity index (χ4v) is 6.66. The predicted molar refractivity (Wildman–Crippen MR) is 154 cm³/mol. The van der Waals surface area contributed by atoms with Gasteiger partial charge in [-0.25, -0.2) is 0 Å². The molecule has 3 aliphatic rings. The lowest BCUT2D eigenvalue weighted by Gasteiger charge is -2.36. The van der Waals surface area contributed by atoms with Crippen molar-refractivity contribution in [2.75, 3.05) is 6.61 Å². The normalized spacial score (nSPS) is 17.7. The highest BCUT2D eigenvalue weighted by molar-refractivity contribution is 9.10. The molecule has 39 heavy (non-hydrogen) atoms. The summed E-state index contributed by atoms with van der Waals surface area (Å²) < 4.78 is 19.5. The molecular weight excluding hydrogens is 556 g/mol. The molecule has 0 saturated heterocycles. The van der Waals surface area contributed by atoms with Crippen molar-refractivity contribution in [1.82, 2.24) is 0 Å². The first-order valence-corrected chi connectivity index (χ1v) is 14.5. The van der Waals surface area contributed by atoms with Crippen LogP contribution in [0.2, 0.25) is 0 Å². The summed E-state index contributed by atoms with van der Waals surface area (Å²) in [6.07, 6.45) is 3.92. The summed E-state index contributed by atoms with van der Waals surface area (Å²) in [6.45, 7) is 4.86. The van der Waals surface area contributed by atoms with Crippen molar-refractivity contribution in [2.24, 2.45) is 0 Å². The number of ketones is 2. The van der Waals surface area contributed by atoms with E-state index in [0.29, 0.717) is 61.5 Å². The topological polar surface area (TPSA) is 61.8 Å². The summed E-state index contributed by atoms with van der Waals surface area (Å²) in [5.74, 6) is 2.32. The van der Waals surface area contributed by atoms with Gasteiger partial charge in [-0.15, -0.1) is 0 Å². The zero-order valence-corrected chi connectivity index (χ0v) is 23.9. The Hall–Kier alpha value is -3.38.